The van der Waals surface area contributed by atoms with Gasteiger partial charge < -0.3 is 18.8 Å². The van der Waals surface area contributed by atoms with Gasteiger partial charge in [-0.05, 0) is 51.8 Å². The van der Waals surface area contributed by atoms with Crippen LogP contribution in [0.15, 0.2) is 34.8 Å². The Hall–Kier alpha value is -2.36. The smallest absolute Gasteiger partial charge is 0.337 e. The van der Waals surface area contributed by atoms with E-state index in [1.165, 1.54) is 13.2 Å². The van der Waals surface area contributed by atoms with Crippen LogP contribution in [0.1, 0.15) is 34.7 Å². The third-order valence-corrected chi connectivity index (χ3v) is 6.53. The fraction of sp³-hybridized carbons (Fsp3) is 0.391. The van der Waals surface area contributed by atoms with Crippen molar-refractivity contribution in [2.75, 3.05) is 34.0 Å². The molecule has 2 aromatic carbocycles. The van der Waals surface area contributed by atoms with Crippen LogP contribution >= 0.6 is 15.9 Å². The van der Waals surface area contributed by atoms with E-state index in [2.05, 4.69) is 15.9 Å². The van der Waals surface area contributed by atoms with Gasteiger partial charge in [-0.3, -0.25) is 0 Å². The number of rotatable bonds is 6. The Balaban J connectivity index is 1.89. The summed E-state index contributed by atoms with van der Waals surface area (Å²) in [5.74, 6) is -1.01. The quantitative estimate of drug-likeness (QED) is 0.357. The van der Waals surface area contributed by atoms with E-state index in [-0.39, 0.29) is 27.9 Å². The highest BCUT2D eigenvalue weighted by molar-refractivity contribution is 9.10. The van der Waals surface area contributed by atoms with Gasteiger partial charge in [0.15, 0.2) is 0 Å². The minimum Gasteiger partial charge on any atom is -0.465 e. The van der Waals surface area contributed by atoms with Gasteiger partial charge in [0.25, 0.3) is 0 Å². The van der Waals surface area contributed by atoms with Crippen LogP contribution in [0, 0.1) is 17.0 Å². The lowest BCUT2D eigenvalue weighted by molar-refractivity contribution is 0.0599. The van der Waals surface area contributed by atoms with E-state index >= 15 is 0 Å². The van der Waals surface area contributed by atoms with E-state index in [0.29, 0.717) is 42.2 Å². The maximum atomic E-state index is 14.6. The van der Waals surface area contributed by atoms with E-state index in [0.717, 1.165) is 6.07 Å². The van der Waals surface area contributed by atoms with Gasteiger partial charge in [0.1, 0.15) is 17.5 Å². The van der Waals surface area contributed by atoms with Gasteiger partial charge in [0.2, 0.25) is 0 Å². The molecule has 0 unspecified atom stereocenters. The molecule has 0 spiro atoms. The van der Waals surface area contributed by atoms with Crippen molar-refractivity contribution in [1.82, 2.24) is 9.55 Å². The standard InChI is InChI=1S/C23H23BrF2N2O4/c1-23(11-30-2)12-32-10-20(23)28-19-7-13(22(29)31-3)4-5-18(19)27-21(28)8-14-6-17(26)15(24)9-16(14)25/h4-7,9,20H,8,10-12H2,1-3H3/t20-,23+/m1/s1. The Labute approximate surface area is 192 Å². The number of nitrogens with zero attached hydrogens (tertiary/aromatic N) is 2. The van der Waals surface area contributed by atoms with Gasteiger partial charge in [-0.1, -0.05) is 6.92 Å². The Kier molecular flexibility index (Phi) is 6.33. The molecule has 0 radical (unpaired) electrons. The molecule has 2 heterocycles. The molecule has 2 atom stereocenters. The first kappa shape index (κ1) is 22.8. The Morgan fingerprint density at radius 3 is 2.78 bits per heavy atom. The largest absolute Gasteiger partial charge is 0.465 e. The Morgan fingerprint density at radius 2 is 2.06 bits per heavy atom. The van der Waals surface area contributed by atoms with Gasteiger partial charge >= 0.3 is 5.97 Å². The van der Waals surface area contributed by atoms with E-state index in [1.807, 2.05) is 11.5 Å². The van der Waals surface area contributed by atoms with Crippen LogP contribution in [0.4, 0.5) is 8.78 Å². The molecular formula is C23H23BrF2N2O4. The number of carbonyl (C=O) groups excluding carboxylic acids is 1. The fourth-order valence-corrected chi connectivity index (χ4v) is 4.60. The summed E-state index contributed by atoms with van der Waals surface area (Å²) in [7, 11) is 2.95. The van der Waals surface area contributed by atoms with Crippen LogP contribution < -0.4 is 0 Å². The number of carbonyl (C=O) groups is 1. The molecule has 1 aromatic heterocycles. The SMILES string of the molecule is COC[C@@]1(C)COC[C@H]1n1c(Cc2cc(F)c(Br)cc2F)nc2ccc(C(=O)OC)cc21. The summed E-state index contributed by atoms with van der Waals surface area (Å²) >= 11 is 3.01. The highest BCUT2D eigenvalue weighted by atomic mass is 79.9. The number of halogens is 3. The molecule has 32 heavy (non-hydrogen) atoms. The second kappa shape index (κ2) is 8.88. The van der Waals surface area contributed by atoms with Crippen molar-refractivity contribution in [1.29, 1.82) is 0 Å². The summed E-state index contributed by atoms with van der Waals surface area (Å²) in [6, 6.07) is 7.17. The van der Waals surface area contributed by atoms with Crippen LogP contribution in [0.5, 0.6) is 0 Å². The lowest BCUT2D eigenvalue weighted by Gasteiger charge is -2.31. The van der Waals surface area contributed by atoms with Gasteiger partial charge in [-0.2, -0.15) is 0 Å². The lowest BCUT2D eigenvalue weighted by atomic mass is 9.85. The Bertz CT molecular complexity index is 1180. The van der Waals surface area contributed by atoms with Crippen LogP contribution in [-0.2, 0) is 20.6 Å². The zero-order chi connectivity index (χ0) is 23.0. The maximum Gasteiger partial charge on any atom is 0.337 e. The molecule has 170 valence electrons. The van der Waals surface area contributed by atoms with Crippen molar-refractivity contribution in [2.24, 2.45) is 5.41 Å². The van der Waals surface area contributed by atoms with Gasteiger partial charge in [-0.25, -0.2) is 18.6 Å². The number of aromatic nitrogens is 2. The average molecular weight is 509 g/mol. The van der Waals surface area contributed by atoms with Gasteiger partial charge in [0, 0.05) is 18.9 Å². The summed E-state index contributed by atoms with van der Waals surface area (Å²) in [4.78, 5) is 16.9. The Morgan fingerprint density at radius 1 is 1.28 bits per heavy atom. The number of benzene rings is 2. The second-order valence-corrected chi connectivity index (χ2v) is 9.10. The lowest BCUT2D eigenvalue weighted by Crippen LogP contribution is -2.34. The number of fused-ring (bicyclic) bond motifs is 1. The molecule has 0 aliphatic carbocycles. The third kappa shape index (κ3) is 4.04. The molecule has 3 aromatic rings. The van der Waals surface area contributed by atoms with Crippen molar-refractivity contribution in [3.05, 3.63) is 63.4 Å². The summed E-state index contributed by atoms with van der Waals surface area (Å²) in [5, 5.41) is 0. The minimum absolute atomic E-state index is 0.0619. The normalized spacial score (nSPS) is 20.8. The predicted octanol–water partition coefficient (Wildman–Crippen LogP) is 4.68. The molecular weight excluding hydrogens is 486 g/mol. The maximum absolute atomic E-state index is 14.6. The number of ether oxygens (including phenoxy) is 3. The average Bonchev–Trinajstić information content (AvgIpc) is 3.30. The van der Waals surface area contributed by atoms with E-state index in [9.17, 15) is 13.6 Å². The number of hydrogen-bond donors (Lipinski definition) is 0. The fourth-order valence-electron chi connectivity index (χ4n) is 4.28. The molecule has 1 aliphatic rings. The van der Waals surface area contributed by atoms with Crippen LogP contribution in [0.3, 0.4) is 0 Å². The zero-order valence-corrected chi connectivity index (χ0v) is 19.5. The van der Waals surface area contributed by atoms with Crippen molar-refractivity contribution in [3.63, 3.8) is 0 Å². The first-order valence-electron chi connectivity index (χ1n) is 10.1. The topological polar surface area (TPSA) is 62.6 Å². The third-order valence-electron chi connectivity index (χ3n) is 5.92. The van der Waals surface area contributed by atoms with Crippen molar-refractivity contribution in [2.45, 2.75) is 19.4 Å². The highest BCUT2D eigenvalue weighted by Gasteiger charge is 2.43. The molecule has 0 N–H and O–H groups in total. The summed E-state index contributed by atoms with van der Waals surface area (Å²) < 4.78 is 46.9. The molecule has 4 rings (SSSR count). The molecule has 1 fully saturated rings. The van der Waals surface area contributed by atoms with Crippen LogP contribution in [0.25, 0.3) is 11.0 Å². The van der Waals surface area contributed by atoms with Crippen LogP contribution in [0.2, 0.25) is 0 Å². The second-order valence-electron chi connectivity index (χ2n) is 8.25. The van der Waals surface area contributed by atoms with Crippen molar-refractivity contribution < 1.29 is 27.8 Å². The summed E-state index contributed by atoms with van der Waals surface area (Å²) in [6.45, 7) is 3.36. The minimum atomic E-state index is -0.551. The van der Waals surface area contributed by atoms with Gasteiger partial charge in [0.05, 0.1) is 54.0 Å². The molecule has 0 saturated carbocycles. The zero-order valence-electron chi connectivity index (χ0n) is 18.0. The highest BCUT2D eigenvalue weighted by Crippen LogP contribution is 2.41. The summed E-state index contributed by atoms with van der Waals surface area (Å²) in [6.07, 6.45) is 0.0673. The number of imidazole rings is 1. The molecule has 1 aliphatic heterocycles. The van der Waals surface area contributed by atoms with E-state index in [4.69, 9.17) is 19.2 Å². The van der Waals surface area contributed by atoms with Gasteiger partial charge in [-0.15, -0.1) is 0 Å². The molecule has 0 bridgehead atoms. The van der Waals surface area contributed by atoms with Crippen LogP contribution in [-0.4, -0.2) is 49.6 Å². The predicted molar refractivity (Wildman–Crippen MR) is 118 cm³/mol. The van der Waals surface area contributed by atoms with Crippen molar-refractivity contribution >= 4 is 32.9 Å². The summed E-state index contributed by atoms with van der Waals surface area (Å²) in [5.41, 5.74) is 1.52. The monoisotopic (exact) mass is 508 g/mol. The van der Waals surface area contributed by atoms with E-state index < -0.39 is 17.6 Å². The van der Waals surface area contributed by atoms with E-state index in [1.54, 1.807) is 25.3 Å². The molecule has 9 heteroatoms. The van der Waals surface area contributed by atoms with Crippen molar-refractivity contribution in [3.8, 4) is 0 Å². The number of methoxy groups -OCH3 is 2. The molecule has 6 nitrogen and oxygen atoms in total. The number of hydrogen-bond acceptors (Lipinski definition) is 5. The first-order valence-corrected chi connectivity index (χ1v) is 10.9. The molecule has 1 saturated heterocycles. The molecule has 0 amide bonds. The first-order chi connectivity index (χ1) is 15.3. The number of esters is 1.